The van der Waals surface area contributed by atoms with E-state index in [0.29, 0.717) is 10.9 Å². The molecular formula is C4H6N2O3PS+. The van der Waals surface area contributed by atoms with Crippen LogP contribution in [0, 0.1) is 0 Å². The second-order valence-electron chi connectivity index (χ2n) is 1.64. The molecule has 3 N–H and O–H groups in total. The second-order valence-corrected chi connectivity index (χ2v) is 5.23. The summed E-state index contributed by atoms with van der Waals surface area (Å²) in [7, 11) is 0.456. The lowest BCUT2D eigenvalue weighted by molar-refractivity contribution is 0.363. The first-order valence-corrected chi connectivity index (χ1v) is 5.69. The highest BCUT2D eigenvalue weighted by Crippen LogP contribution is 2.32. The number of hydrogen-bond acceptors (Lipinski definition) is 2. The topological polar surface area (TPSA) is 86.5 Å². The lowest BCUT2D eigenvalue weighted by Crippen LogP contribution is -1.87. The summed E-state index contributed by atoms with van der Waals surface area (Å²) in [6.45, 7) is -3.85. The maximum atomic E-state index is 8.58. The Morgan fingerprint density at radius 1 is 1.18 bits per heavy atom. The number of nitrogens with zero attached hydrogens (tertiary/aromatic N) is 2. The molecule has 0 saturated carbocycles. The second kappa shape index (κ2) is 3.34. The SMILES string of the molecule is OP(O)(O)=[S+]c1ncccn1. The standard InChI is InChI=1S/C4H6N2O3PS/c7-10(8,9)11-4-5-2-1-3-6-4/h1-3,7-9H/q+1. The summed E-state index contributed by atoms with van der Waals surface area (Å²) >= 11 is 0. The Kier molecular flexibility index (Phi) is 2.64. The summed E-state index contributed by atoms with van der Waals surface area (Å²) in [5.74, 6) is 0. The van der Waals surface area contributed by atoms with Crippen LogP contribution in [0.25, 0.3) is 0 Å². The average Bonchev–Trinajstić information content (AvgIpc) is 1.85. The first kappa shape index (κ1) is 8.70. The molecule has 0 spiro atoms. The van der Waals surface area contributed by atoms with Crippen molar-refractivity contribution >= 4 is 17.7 Å². The largest absolute Gasteiger partial charge is 0.525 e. The van der Waals surface area contributed by atoms with Gasteiger partial charge in [0.25, 0.3) is 0 Å². The summed E-state index contributed by atoms with van der Waals surface area (Å²) in [5, 5.41) is 0.147. The van der Waals surface area contributed by atoms with Gasteiger partial charge in [0.15, 0.2) is 0 Å². The zero-order valence-electron chi connectivity index (χ0n) is 5.32. The summed E-state index contributed by atoms with van der Waals surface area (Å²) in [4.78, 5) is 33.1. The van der Waals surface area contributed by atoms with E-state index >= 15 is 0 Å². The highest BCUT2D eigenvalue weighted by Gasteiger charge is 2.22. The van der Waals surface area contributed by atoms with Gasteiger partial charge in [-0.25, -0.2) is 0 Å². The normalized spacial score (nSPS) is 11.2. The maximum Gasteiger partial charge on any atom is 0.525 e. The van der Waals surface area contributed by atoms with E-state index in [1.165, 1.54) is 12.4 Å². The first-order valence-electron chi connectivity index (χ1n) is 2.62. The zero-order valence-corrected chi connectivity index (χ0v) is 7.03. The molecule has 60 valence electrons. The van der Waals surface area contributed by atoms with E-state index in [-0.39, 0.29) is 5.16 Å². The van der Waals surface area contributed by atoms with Gasteiger partial charge in [-0.1, -0.05) is 0 Å². The van der Waals surface area contributed by atoms with Crippen LogP contribution in [-0.4, -0.2) is 24.6 Å². The van der Waals surface area contributed by atoms with E-state index < -0.39 is 6.72 Å². The molecule has 1 heterocycles. The molecule has 5 nitrogen and oxygen atoms in total. The Morgan fingerprint density at radius 2 is 1.73 bits per heavy atom. The molecule has 0 radical (unpaired) electrons. The quantitative estimate of drug-likeness (QED) is 0.320. The fourth-order valence-electron chi connectivity index (χ4n) is 0.442. The van der Waals surface area contributed by atoms with Crippen LogP contribution in [0.5, 0.6) is 0 Å². The summed E-state index contributed by atoms with van der Waals surface area (Å²) < 4.78 is 0. The Bertz CT molecular complexity index is 276. The number of aromatic nitrogens is 2. The fraction of sp³-hybridized carbons (Fsp3) is 0. The van der Waals surface area contributed by atoms with Crippen LogP contribution in [0.15, 0.2) is 23.6 Å². The first-order chi connectivity index (χ1) is 5.08. The van der Waals surface area contributed by atoms with Gasteiger partial charge in [-0.15, -0.1) is 0 Å². The van der Waals surface area contributed by atoms with E-state index in [2.05, 4.69) is 9.97 Å². The smallest absolute Gasteiger partial charge is 0.289 e. The van der Waals surface area contributed by atoms with Crippen LogP contribution < -0.4 is 0 Å². The van der Waals surface area contributed by atoms with Crippen molar-refractivity contribution < 1.29 is 14.7 Å². The average molecular weight is 193 g/mol. The van der Waals surface area contributed by atoms with Crippen LogP contribution in [0.1, 0.15) is 0 Å². The van der Waals surface area contributed by atoms with Crippen LogP contribution in [0.4, 0.5) is 0 Å². The third-order valence-corrected chi connectivity index (χ3v) is 2.59. The van der Waals surface area contributed by atoms with E-state index in [9.17, 15) is 0 Å². The lowest BCUT2D eigenvalue weighted by Gasteiger charge is -1.84. The van der Waals surface area contributed by atoms with Crippen molar-refractivity contribution in [2.75, 3.05) is 0 Å². The van der Waals surface area contributed by atoms with E-state index in [1.54, 1.807) is 6.07 Å². The monoisotopic (exact) mass is 193 g/mol. The molecule has 1 aromatic heterocycles. The van der Waals surface area contributed by atoms with Gasteiger partial charge in [0.05, 0.1) is 0 Å². The lowest BCUT2D eigenvalue weighted by atomic mass is 10.7. The van der Waals surface area contributed by atoms with Gasteiger partial charge < -0.3 is 0 Å². The molecule has 0 bridgehead atoms. The Hall–Kier alpha value is -0.390. The van der Waals surface area contributed by atoms with Crippen molar-refractivity contribution in [3.8, 4) is 0 Å². The van der Waals surface area contributed by atoms with E-state index in [4.69, 9.17) is 14.7 Å². The molecule has 0 unspecified atom stereocenters. The molecule has 1 aromatic rings. The van der Waals surface area contributed by atoms with Crippen LogP contribution >= 0.6 is 6.72 Å². The molecule has 1 rings (SSSR count). The zero-order chi connectivity index (χ0) is 8.32. The molecule has 0 amide bonds. The molecule has 0 aliphatic carbocycles. The van der Waals surface area contributed by atoms with Gasteiger partial charge in [0.2, 0.25) is 0 Å². The van der Waals surface area contributed by atoms with Crippen LogP contribution in [0.2, 0.25) is 0 Å². The molecular weight excluding hydrogens is 187 g/mol. The van der Waals surface area contributed by atoms with Gasteiger partial charge in [0, 0.05) is 12.4 Å². The highest BCUT2D eigenvalue weighted by atomic mass is 32.5. The molecule has 11 heavy (non-hydrogen) atoms. The number of rotatable bonds is 1. The molecule has 0 atom stereocenters. The predicted molar refractivity (Wildman–Crippen MR) is 41.2 cm³/mol. The van der Waals surface area contributed by atoms with E-state index in [0.717, 1.165) is 0 Å². The Balaban J connectivity index is 2.98. The highest BCUT2D eigenvalue weighted by molar-refractivity contribution is 8.16. The van der Waals surface area contributed by atoms with Crippen molar-refractivity contribution in [1.82, 2.24) is 9.97 Å². The van der Waals surface area contributed by atoms with Crippen molar-refractivity contribution in [2.24, 2.45) is 0 Å². The molecule has 0 saturated heterocycles. The van der Waals surface area contributed by atoms with Crippen molar-refractivity contribution in [2.45, 2.75) is 5.16 Å². The third-order valence-electron chi connectivity index (χ3n) is 0.746. The van der Waals surface area contributed by atoms with Gasteiger partial charge in [-0.2, -0.15) is 9.97 Å². The number of hydrogen-bond donors (Lipinski definition) is 3. The summed E-state index contributed by atoms with van der Waals surface area (Å²) in [6.07, 6.45) is 2.90. The van der Waals surface area contributed by atoms with Gasteiger partial charge in [0.1, 0.15) is 0 Å². The minimum Gasteiger partial charge on any atom is -0.289 e. The van der Waals surface area contributed by atoms with Crippen molar-refractivity contribution in [1.29, 1.82) is 0 Å². The summed E-state index contributed by atoms with van der Waals surface area (Å²) in [5.41, 5.74) is 0. The van der Waals surface area contributed by atoms with Gasteiger partial charge in [-0.05, 0) is 6.07 Å². The van der Waals surface area contributed by atoms with Crippen molar-refractivity contribution in [3.05, 3.63) is 18.5 Å². The van der Waals surface area contributed by atoms with Crippen LogP contribution in [-0.2, 0) is 10.9 Å². The summed E-state index contributed by atoms with van der Waals surface area (Å²) in [6, 6.07) is 1.59. The third kappa shape index (κ3) is 3.50. The predicted octanol–water partition coefficient (Wildman–Crippen LogP) is -0.427. The van der Waals surface area contributed by atoms with Gasteiger partial charge >= 0.3 is 22.8 Å². The fourth-order valence-corrected chi connectivity index (χ4v) is 1.82. The molecule has 0 aliphatic heterocycles. The maximum absolute atomic E-state index is 8.58. The van der Waals surface area contributed by atoms with Crippen molar-refractivity contribution in [3.63, 3.8) is 0 Å². The van der Waals surface area contributed by atoms with E-state index in [1.807, 2.05) is 0 Å². The minimum absolute atomic E-state index is 0.147. The molecule has 0 fully saturated rings. The van der Waals surface area contributed by atoms with Gasteiger partial charge in [-0.3, -0.25) is 14.7 Å². The Labute approximate surface area is 66.6 Å². The molecule has 0 aromatic carbocycles. The molecule has 7 heteroatoms. The Morgan fingerprint density at radius 3 is 2.18 bits per heavy atom. The van der Waals surface area contributed by atoms with Crippen LogP contribution in [0.3, 0.4) is 0 Å². The molecule has 0 aliphatic rings. The minimum atomic E-state index is -3.85.